The smallest absolute Gasteiger partial charge is 0.278 e. The Hall–Kier alpha value is -2.64. The number of carbonyl (C=O) groups is 1. The number of amides is 1. The Labute approximate surface area is 178 Å². The summed E-state index contributed by atoms with van der Waals surface area (Å²) < 4.78 is 5.24. The Bertz CT molecular complexity index is 798. The number of methoxy groups -OCH3 is 1. The van der Waals surface area contributed by atoms with Crippen molar-refractivity contribution in [3.8, 4) is 5.75 Å². The Morgan fingerprint density at radius 2 is 1.67 bits per heavy atom. The number of benzene rings is 1. The van der Waals surface area contributed by atoms with Crippen LogP contribution in [0.4, 0.5) is 5.82 Å². The Balaban J connectivity index is 1.18. The summed E-state index contributed by atoms with van der Waals surface area (Å²) in [5.41, 5.74) is 1.35. The molecule has 0 radical (unpaired) electrons. The summed E-state index contributed by atoms with van der Waals surface area (Å²) in [4.78, 5) is 23.5. The molecule has 0 atom stereocenters. The lowest BCUT2D eigenvalue weighted by atomic mass is 10.2. The molecular formula is C23H34N5O2+3. The van der Waals surface area contributed by atoms with Crippen LogP contribution in [0.15, 0.2) is 48.7 Å². The van der Waals surface area contributed by atoms with Crippen molar-refractivity contribution in [2.75, 3.05) is 70.9 Å². The number of H-pyrrole nitrogens is 1. The minimum Gasteiger partial charge on any atom is -0.497 e. The van der Waals surface area contributed by atoms with Gasteiger partial charge in [0.1, 0.15) is 51.6 Å². The molecule has 0 bridgehead atoms. The van der Waals surface area contributed by atoms with E-state index in [9.17, 15) is 4.79 Å². The van der Waals surface area contributed by atoms with Gasteiger partial charge in [0.25, 0.3) is 11.7 Å². The second-order valence-corrected chi connectivity index (χ2v) is 8.32. The fourth-order valence-electron chi connectivity index (χ4n) is 4.45. The van der Waals surface area contributed by atoms with Crippen LogP contribution in [0.25, 0.3) is 0 Å². The first-order valence-corrected chi connectivity index (χ1v) is 11.0. The van der Waals surface area contributed by atoms with Gasteiger partial charge in [-0.25, -0.2) is 4.98 Å². The maximum atomic E-state index is 12.8. The van der Waals surface area contributed by atoms with Gasteiger partial charge in [0.05, 0.1) is 26.4 Å². The van der Waals surface area contributed by atoms with Crippen molar-refractivity contribution in [1.82, 2.24) is 4.90 Å². The van der Waals surface area contributed by atoms with E-state index in [-0.39, 0.29) is 0 Å². The lowest BCUT2D eigenvalue weighted by molar-refractivity contribution is -1.02. The number of piperazine rings is 2. The molecule has 7 nitrogen and oxygen atoms in total. The van der Waals surface area contributed by atoms with E-state index < -0.39 is 0 Å². The average Bonchev–Trinajstić information content (AvgIpc) is 2.81. The number of anilines is 1. The highest BCUT2D eigenvalue weighted by molar-refractivity contribution is 5.77. The van der Waals surface area contributed by atoms with Crippen LogP contribution in [0.3, 0.4) is 0 Å². The van der Waals surface area contributed by atoms with E-state index in [1.54, 1.807) is 12.0 Å². The molecule has 0 saturated carbocycles. The molecule has 0 unspecified atom stereocenters. The van der Waals surface area contributed by atoms with Crippen molar-refractivity contribution < 1.29 is 24.3 Å². The summed E-state index contributed by atoms with van der Waals surface area (Å²) in [5.74, 6) is 2.34. The molecule has 160 valence electrons. The molecule has 2 aromatic rings. The third kappa shape index (κ3) is 5.29. The molecule has 2 fully saturated rings. The van der Waals surface area contributed by atoms with Crippen molar-refractivity contribution in [3.63, 3.8) is 0 Å². The highest BCUT2D eigenvalue weighted by Gasteiger charge is 2.30. The van der Waals surface area contributed by atoms with Crippen molar-refractivity contribution in [2.24, 2.45) is 0 Å². The van der Waals surface area contributed by atoms with Gasteiger partial charge in [-0.15, -0.1) is 0 Å². The van der Waals surface area contributed by atoms with E-state index >= 15 is 0 Å². The molecule has 1 aromatic heterocycles. The van der Waals surface area contributed by atoms with E-state index in [2.05, 4.69) is 28.1 Å². The first kappa shape index (κ1) is 20.6. The van der Waals surface area contributed by atoms with E-state index in [4.69, 9.17) is 4.74 Å². The standard InChI is InChI=1S/C23H31N5O2/c1-30-21-7-5-20(6-8-21)18-25-10-12-26(13-11-25)19-23(29)28-16-14-27(15-17-28)22-4-2-3-9-24-22/h2-9H,10-19H2,1H3/p+3. The van der Waals surface area contributed by atoms with Gasteiger partial charge in [-0.2, -0.15) is 0 Å². The number of hydrogen-bond acceptors (Lipinski definition) is 3. The number of aromatic amines is 1. The van der Waals surface area contributed by atoms with Crippen molar-refractivity contribution >= 4 is 11.7 Å². The number of nitrogens with one attached hydrogen (secondary N) is 3. The lowest BCUT2D eigenvalue weighted by Crippen LogP contribution is -3.28. The number of carbonyl (C=O) groups excluding carboxylic acids is 1. The van der Waals surface area contributed by atoms with Crippen molar-refractivity contribution in [3.05, 3.63) is 54.2 Å². The van der Waals surface area contributed by atoms with Gasteiger partial charge >= 0.3 is 0 Å². The molecule has 2 aliphatic heterocycles. The van der Waals surface area contributed by atoms with Crippen LogP contribution < -0.4 is 24.4 Å². The van der Waals surface area contributed by atoms with Crippen molar-refractivity contribution in [1.29, 1.82) is 0 Å². The molecule has 0 aliphatic carbocycles. The summed E-state index contributed by atoms with van der Waals surface area (Å²) in [7, 11) is 1.70. The zero-order valence-electron chi connectivity index (χ0n) is 17.9. The van der Waals surface area contributed by atoms with E-state index in [1.165, 1.54) is 10.5 Å². The number of ether oxygens (including phenoxy) is 1. The molecule has 30 heavy (non-hydrogen) atoms. The Morgan fingerprint density at radius 3 is 2.30 bits per heavy atom. The van der Waals surface area contributed by atoms with Crippen molar-refractivity contribution in [2.45, 2.75) is 6.54 Å². The zero-order valence-corrected chi connectivity index (χ0v) is 17.9. The van der Waals surface area contributed by atoms with Gasteiger partial charge in [0.15, 0.2) is 6.54 Å². The van der Waals surface area contributed by atoms with E-state index in [1.807, 2.05) is 35.4 Å². The molecule has 3 N–H and O–H groups in total. The van der Waals surface area contributed by atoms with Gasteiger partial charge in [-0.05, 0) is 30.3 Å². The molecule has 1 amide bonds. The second kappa shape index (κ2) is 9.91. The van der Waals surface area contributed by atoms with Crippen LogP contribution in [-0.2, 0) is 11.3 Å². The fourth-order valence-corrected chi connectivity index (χ4v) is 4.45. The Kier molecular flexibility index (Phi) is 6.81. The van der Waals surface area contributed by atoms with Crippen LogP contribution >= 0.6 is 0 Å². The lowest BCUT2D eigenvalue weighted by Gasteiger charge is -2.33. The summed E-state index contributed by atoms with van der Waals surface area (Å²) >= 11 is 0. The maximum Gasteiger partial charge on any atom is 0.278 e. The van der Waals surface area contributed by atoms with E-state index in [0.29, 0.717) is 12.5 Å². The third-order valence-corrected chi connectivity index (χ3v) is 6.34. The number of hydrogen-bond donors (Lipinski definition) is 2. The minimum atomic E-state index is 0.306. The molecule has 4 rings (SSSR count). The molecule has 2 saturated heterocycles. The van der Waals surface area contributed by atoms with Gasteiger partial charge in [0.2, 0.25) is 0 Å². The molecular weight excluding hydrogens is 378 g/mol. The quantitative estimate of drug-likeness (QED) is 0.585. The number of quaternary nitrogens is 2. The first-order valence-electron chi connectivity index (χ1n) is 11.0. The first-order chi connectivity index (χ1) is 14.7. The number of nitrogens with zero attached hydrogens (tertiary/aromatic N) is 2. The Morgan fingerprint density at radius 1 is 0.967 bits per heavy atom. The molecule has 2 aliphatic rings. The number of aromatic nitrogens is 1. The summed E-state index contributed by atoms with van der Waals surface area (Å²) in [6.45, 7) is 9.44. The summed E-state index contributed by atoms with van der Waals surface area (Å²) in [6, 6.07) is 14.5. The monoisotopic (exact) mass is 412 g/mol. The maximum absolute atomic E-state index is 12.8. The molecule has 3 heterocycles. The average molecular weight is 413 g/mol. The highest BCUT2D eigenvalue weighted by Crippen LogP contribution is 2.11. The fraction of sp³-hybridized carbons (Fsp3) is 0.478. The number of rotatable bonds is 6. The second-order valence-electron chi connectivity index (χ2n) is 8.32. The van der Waals surface area contributed by atoms with Crippen LogP contribution in [-0.4, -0.2) is 76.8 Å². The van der Waals surface area contributed by atoms with Gasteiger partial charge in [-0.3, -0.25) is 9.69 Å². The zero-order chi connectivity index (χ0) is 20.8. The van der Waals surface area contributed by atoms with Gasteiger partial charge < -0.3 is 19.4 Å². The molecule has 7 heteroatoms. The molecule has 1 aromatic carbocycles. The topological polar surface area (TPSA) is 55.8 Å². The highest BCUT2D eigenvalue weighted by atomic mass is 16.5. The van der Waals surface area contributed by atoms with Gasteiger partial charge in [-0.1, -0.05) is 6.07 Å². The summed E-state index contributed by atoms with van der Waals surface area (Å²) in [6.07, 6.45) is 1.95. The minimum absolute atomic E-state index is 0.306. The summed E-state index contributed by atoms with van der Waals surface area (Å²) in [5, 5.41) is 0. The van der Waals surface area contributed by atoms with Crippen LogP contribution in [0.5, 0.6) is 5.75 Å². The third-order valence-electron chi connectivity index (χ3n) is 6.34. The predicted octanol–water partition coefficient (Wildman–Crippen LogP) is -1.86. The van der Waals surface area contributed by atoms with Crippen LogP contribution in [0.1, 0.15) is 5.56 Å². The number of pyridine rings is 1. The SMILES string of the molecule is COc1ccc(C[NH+]2CC[NH+](CC(=O)N3CCN(c4cccc[nH+]4)CC3)CC2)cc1. The van der Waals surface area contributed by atoms with E-state index in [0.717, 1.165) is 70.5 Å². The largest absolute Gasteiger partial charge is 0.497 e. The van der Waals surface area contributed by atoms with Crippen LogP contribution in [0.2, 0.25) is 0 Å². The normalized spacial score (nSPS) is 22.0. The van der Waals surface area contributed by atoms with Gasteiger partial charge in [0, 0.05) is 11.6 Å². The molecule has 0 spiro atoms. The predicted molar refractivity (Wildman–Crippen MR) is 115 cm³/mol. The van der Waals surface area contributed by atoms with Crippen LogP contribution in [0, 0.1) is 0 Å².